The second-order valence-electron chi connectivity index (χ2n) is 5.71. The maximum atomic E-state index is 6.26. The highest BCUT2D eigenvalue weighted by molar-refractivity contribution is 6.30. The molecule has 0 atom stereocenters. The van der Waals surface area contributed by atoms with Crippen molar-refractivity contribution in [1.82, 2.24) is 14.9 Å². The predicted molar refractivity (Wildman–Crippen MR) is 86.9 cm³/mol. The zero-order chi connectivity index (χ0) is 15.3. The Labute approximate surface area is 128 Å². The molecule has 0 saturated carbocycles. The van der Waals surface area contributed by atoms with Gasteiger partial charge in [0.2, 0.25) is 0 Å². The molecule has 0 aliphatic heterocycles. The zero-order valence-corrected chi connectivity index (χ0v) is 14.3. The van der Waals surface area contributed by atoms with Gasteiger partial charge in [-0.3, -0.25) is 0 Å². The third kappa shape index (κ3) is 4.60. The first kappa shape index (κ1) is 17.2. The Balaban J connectivity index is 2.95. The number of nitrogens with zero attached hydrogens (tertiary/aromatic N) is 4. The second-order valence-corrected chi connectivity index (χ2v) is 6.07. The van der Waals surface area contributed by atoms with Crippen LogP contribution in [0.15, 0.2) is 0 Å². The minimum atomic E-state index is 0.285. The minimum Gasteiger partial charge on any atom is -0.356 e. The molecule has 0 radical (unpaired) electrons. The van der Waals surface area contributed by atoms with Gasteiger partial charge in [-0.2, -0.15) is 0 Å². The molecule has 0 unspecified atom stereocenters. The van der Waals surface area contributed by atoms with Crippen molar-refractivity contribution < 1.29 is 0 Å². The molecule has 0 fully saturated rings. The monoisotopic (exact) mass is 298 g/mol. The van der Waals surface area contributed by atoms with Gasteiger partial charge in [0.15, 0.2) is 0 Å². The lowest BCUT2D eigenvalue weighted by Gasteiger charge is -2.25. The maximum Gasteiger partial charge on any atom is 0.137 e. The first-order chi connectivity index (χ1) is 9.36. The number of hydrogen-bond acceptors (Lipinski definition) is 4. The van der Waals surface area contributed by atoms with Gasteiger partial charge in [-0.1, -0.05) is 25.4 Å². The van der Waals surface area contributed by atoms with Crippen molar-refractivity contribution in [3.8, 4) is 0 Å². The molecule has 1 aromatic heterocycles. The molecule has 4 nitrogen and oxygen atoms in total. The van der Waals surface area contributed by atoms with Gasteiger partial charge in [-0.05, 0) is 40.9 Å². The highest BCUT2D eigenvalue weighted by atomic mass is 35.5. The molecule has 0 aromatic carbocycles. The number of halogens is 1. The molecule has 0 amide bonds. The molecule has 0 aliphatic rings. The van der Waals surface area contributed by atoms with Gasteiger partial charge in [-0.15, -0.1) is 0 Å². The van der Waals surface area contributed by atoms with Crippen molar-refractivity contribution in [2.75, 3.05) is 38.6 Å². The summed E-state index contributed by atoms with van der Waals surface area (Å²) in [6.07, 6.45) is 1.11. The van der Waals surface area contributed by atoms with Crippen molar-refractivity contribution in [3.63, 3.8) is 0 Å². The van der Waals surface area contributed by atoms with E-state index in [2.05, 4.69) is 49.7 Å². The highest BCUT2D eigenvalue weighted by Gasteiger charge is 2.16. The van der Waals surface area contributed by atoms with Crippen molar-refractivity contribution in [2.45, 2.75) is 40.0 Å². The number of aromatic nitrogens is 2. The van der Waals surface area contributed by atoms with Crippen molar-refractivity contribution >= 4 is 17.4 Å². The SMILES string of the molecule is CCN(CCCN(C)C)c1nc(C(C)C)nc(Cl)c1C. The number of rotatable bonds is 7. The summed E-state index contributed by atoms with van der Waals surface area (Å²) in [6.45, 7) is 11.3. The Bertz CT molecular complexity index is 432. The Morgan fingerprint density at radius 2 is 1.80 bits per heavy atom. The molecule has 5 heteroatoms. The summed E-state index contributed by atoms with van der Waals surface area (Å²) in [5.41, 5.74) is 0.975. The first-order valence-corrected chi connectivity index (χ1v) is 7.68. The van der Waals surface area contributed by atoms with Gasteiger partial charge in [0.05, 0.1) is 0 Å². The third-order valence-corrected chi connectivity index (χ3v) is 3.68. The number of anilines is 1. The summed E-state index contributed by atoms with van der Waals surface area (Å²) in [4.78, 5) is 13.6. The van der Waals surface area contributed by atoms with Gasteiger partial charge in [0, 0.05) is 24.6 Å². The predicted octanol–water partition coefficient (Wildman–Crippen LogP) is 3.34. The van der Waals surface area contributed by atoms with Crippen LogP contribution in [0.2, 0.25) is 5.15 Å². The van der Waals surface area contributed by atoms with Gasteiger partial charge in [-0.25, -0.2) is 9.97 Å². The molecule has 114 valence electrons. The largest absolute Gasteiger partial charge is 0.356 e. The van der Waals surface area contributed by atoms with Gasteiger partial charge < -0.3 is 9.80 Å². The van der Waals surface area contributed by atoms with E-state index >= 15 is 0 Å². The molecular formula is C15H27ClN4. The molecule has 0 N–H and O–H groups in total. The van der Waals surface area contributed by atoms with Crippen molar-refractivity contribution in [2.24, 2.45) is 0 Å². The van der Waals surface area contributed by atoms with E-state index in [0.717, 1.165) is 43.3 Å². The van der Waals surface area contributed by atoms with E-state index in [1.165, 1.54) is 0 Å². The minimum absolute atomic E-state index is 0.285. The fourth-order valence-corrected chi connectivity index (χ4v) is 2.22. The average Bonchev–Trinajstić information content (AvgIpc) is 2.37. The Kier molecular flexibility index (Phi) is 6.69. The van der Waals surface area contributed by atoms with Crippen LogP contribution >= 0.6 is 11.6 Å². The Morgan fingerprint density at radius 3 is 2.30 bits per heavy atom. The third-order valence-electron chi connectivity index (χ3n) is 3.31. The molecule has 0 bridgehead atoms. The quantitative estimate of drug-likeness (QED) is 0.723. The van der Waals surface area contributed by atoms with Crippen LogP contribution in [-0.4, -0.2) is 48.6 Å². The normalized spacial score (nSPS) is 11.4. The van der Waals surface area contributed by atoms with Crippen LogP contribution < -0.4 is 4.90 Å². The smallest absolute Gasteiger partial charge is 0.137 e. The van der Waals surface area contributed by atoms with Crippen LogP contribution in [0, 0.1) is 6.92 Å². The van der Waals surface area contributed by atoms with Crippen molar-refractivity contribution in [3.05, 3.63) is 16.5 Å². The molecule has 20 heavy (non-hydrogen) atoms. The second kappa shape index (κ2) is 7.79. The number of hydrogen-bond donors (Lipinski definition) is 0. The molecule has 1 heterocycles. The lowest BCUT2D eigenvalue weighted by molar-refractivity contribution is 0.400. The van der Waals surface area contributed by atoms with E-state index < -0.39 is 0 Å². The van der Waals surface area contributed by atoms with Crippen LogP contribution in [0.5, 0.6) is 0 Å². The molecular weight excluding hydrogens is 272 g/mol. The van der Waals surface area contributed by atoms with E-state index in [9.17, 15) is 0 Å². The summed E-state index contributed by atoms with van der Waals surface area (Å²) in [6, 6.07) is 0. The van der Waals surface area contributed by atoms with Crippen LogP contribution in [0.25, 0.3) is 0 Å². The molecule has 0 saturated heterocycles. The Morgan fingerprint density at radius 1 is 1.15 bits per heavy atom. The van der Waals surface area contributed by atoms with E-state index in [1.54, 1.807) is 0 Å². The Hall–Kier alpha value is -0.870. The highest BCUT2D eigenvalue weighted by Crippen LogP contribution is 2.25. The van der Waals surface area contributed by atoms with E-state index in [0.29, 0.717) is 5.15 Å². The van der Waals surface area contributed by atoms with Crippen LogP contribution in [0.3, 0.4) is 0 Å². The summed E-state index contributed by atoms with van der Waals surface area (Å²) in [7, 11) is 4.19. The van der Waals surface area contributed by atoms with Gasteiger partial charge in [0.1, 0.15) is 16.8 Å². The fourth-order valence-electron chi connectivity index (χ4n) is 2.05. The van der Waals surface area contributed by atoms with Gasteiger partial charge in [0.25, 0.3) is 0 Å². The lowest BCUT2D eigenvalue weighted by Crippen LogP contribution is -2.29. The fraction of sp³-hybridized carbons (Fsp3) is 0.733. The molecule has 0 spiro atoms. The summed E-state index contributed by atoms with van der Waals surface area (Å²) in [5.74, 6) is 2.09. The lowest BCUT2D eigenvalue weighted by atomic mass is 10.2. The van der Waals surface area contributed by atoms with Crippen LogP contribution in [0.1, 0.15) is 44.5 Å². The first-order valence-electron chi connectivity index (χ1n) is 7.30. The molecule has 0 aliphatic carbocycles. The standard InChI is InChI=1S/C15H27ClN4/c1-7-20(10-8-9-19(5)6)15-12(4)13(16)17-14(18-15)11(2)3/h11H,7-10H2,1-6H3. The van der Waals surface area contributed by atoms with E-state index in [1.807, 2.05) is 6.92 Å². The molecule has 1 rings (SSSR count). The summed E-state index contributed by atoms with van der Waals surface area (Å²) < 4.78 is 0. The van der Waals surface area contributed by atoms with E-state index in [4.69, 9.17) is 16.6 Å². The van der Waals surface area contributed by atoms with E-state index in [-0.39, 0.29) is 5.92 Å². The maximum absolute atomic E-state index is 6.26. The zero-order valence-electron chi connectivity index (χ0n) is 13.6. The van der Waals surface area contributed by atoms with Crippen molar-refractivity contribution in [1.29, 1.82) is 0 Å². The summed E-state index contributed by atoms with van der Waals surface area (Å²) >= 11 is 6.26. The van der Waals surface area contributed by atoms with Crippen LogP contribution in [-0.2, 0) is 0 Å². The summed E-state index contributed by atoms with van der Waals surface area (Å²) in [5, 5.41) is 0.574. The topological polar surface area (TPSA) is 32.3 Å². The van der Waals surface area contributed by atoms with Crippen LogP contribution in [0.4, 0.5) is 5.82 Å². The average molecular weight is 299 g/mol. The van der Waals surface area contributed by atoms with Gasteiger partial charge >= 0.3 is 0 Å². The molecule has 1 aromatic rings.